The number of benzene rings is 2. The second kappa shape index (κ2) is 7.43. The zero-order chi connectivity index (χ0) is 21.3. The molecule has 0 aliphatic rings. The van der Waals surface area contributed by atoms with E-state index in [0.717, 1.165) is 23.8 Å². The van der Waals surface area contributed by atoms with E-state index in [1.165, 1.54) is 0 Å². The van der Waals surface area contributed by atoms with E-state index in [4.69, 9.17) is 0 Å². The monoisotopic (exact) mass is 403 g/mol. The number of rotatable bonds is 5. The number of hydrogen-bond acceptors (Lipinski definition) is 6. The van der Waals surface area contributed by atoms with Crippen molar-refractivity contribution in [3.05, 3.63) is 98.7 Å². The molecular weight excluding hydrogens is 390 g/mol. The predicted molar refractivity (Wildman–Crippen MR) is 108 cm³/mol. The van der Waals surface area contributed by atoms with Crippen LogP contribution in [0.1, 0.15) is 10.4 Å². The zero-order valence-electron chi connectivity index (χ0n) is 15.3. The van der Waals surface area contributed by atoms with Crippen molar-refractivity contribution in [1.29, 1.82) is 0 Å². The molecule has 1 amide bonds. The van der Waals surface area contributed by atoms with Crippen LogP contribution in [-0.2, 0) is 0 Å². The van der Waals surface area contributed by atoms with E-state index in [1.54, 1.807) is 28.8 Å². The summed E-state index contributed by atoms with van der Waals surface area (Å²) < 4.78 is 1.66. The van der Waals surface area contributed by atoms with Gasteiger partial charge in [0.1, 0.15) is 17.2 Å². The average molecular weight is 403 g/mol. The first-order chi connectivity index (χ1) is 14.4. The van der Waals surface area contributed by atoms with Crippen molar-refractivity contribution in [1.82, 2.24) is 9.38 Å². The molecule has 0 spiro atoms. The van der Waals surface area contributed by atoms with Crippen LogP contribution in [0.3, 0.4) is 0 Å². The van der Waals surface area contributed by atoms with E-state index in [-0.39, 0.29) is 5.56 Å². The van der Waals surface area contributed by atoms with Crippen molar-refractivity contribution in [2.24, 2.45) is 0 Å². The van der Waals surface area contributed by atoms with Crippen molar-refractivity contribution in [3.8, 4) is 11.3 Å². The van der Waals surface area contributed by atoms with Crippen LogP contribution in [0, 0.1) is 20.2 Å². The van der Waals surface area contributed by atoms with E-state index in [1.807, 2.05) is 30.3 Å². The van der Waals surface area contributed by atoms with Crippen molar-refractivity contribution in [2.45, 2.75) is 0 Å². The van der Waals surface area contributed by atoms with Gasteiger partial charge in [0.2, 0.25) is 0 Å². The topological polar surface area (TPSA) is 133 Å². The molecule has 1 N–H and O–H groups in total. The summed E-state index contributed by atoms with van der Waals surface area (Å²) in [6.45, 7) is 0. The van der Waals surface area contributed by atoms with E-state index < -0.39 is 27.1 Å². The number of anilines is 1. The molecule has 2 aromatic carbocycles. The van der Waals surface area contributed by atoms with E-state index in [2.05, 4.69) is 10.3 Å². The highest BCUT2D eigenvalue weighted by Gasteiger charge is 2.22. The van der Waals surface area contributed by atoms with Crippen LogP contribution in [-0.4, -0.2) is 25.1 Å². The summed E-state index contributed by atoms with van der Waals surface area (Å²) in [5, 5.41) is 24.9. The largest absolute Gasteiger partial charge is 0.306 e. The third-order valence-corrected chi connectivity index (χ3v) is 4.40. The number of aromatic nitrogens is 2. The quantitative estimate of drug-likeness (QED) is 0.394. The van der Waals surface area contributed by atoms with Gasteiger partial charge in [-0.3, -0.25) is 29.4 Å². The third kappa shape index (κ3) is 3.44. The summed E-state index contributed by atoms with van der Waals surface area (Å²) in [6, 6.07) is 17.3. The van der Waals surface area contributed by atoms with E-state index >= 15 is 0 Å². The number of hydrogen-bond donors (Lipinski definition) is 1. The highest BCUT2D eigenvalue weighted by molar-refractivity contribution is 6.06. The first-order valence-electron chi connectivity index (χ1n) is 8.72. The molecule has 4 aromatic rings. The number of carbonyl (C=O) groups excluding carboxylic acids is 1. The summed E-state index contributed by atoms with van der Waals surface area (Å²) in [5.74, 6) is -0.388. The molecule has 2 heterocycles. The first-order valence-corrected chi connectivity index (χ1v) is 8.72. The van der Waals surface area contributed by atoms with Gasteiger partial charge in [-0.25, -0.2) is 4.98 Å². The highest BCUT2D eigenvalue weighted by Crippen LogP contribution is 2.30. The molecule has 0 unspecified atom stereocenters. The minimum Gasteiger partial charge on any atom is -0.306 e. The molecule has 0 atom stereocenters. The summed E-state index contributed by atoms with van der Waals surface area (Å²) in [7, 11) is 0. The highest BCUT2D eigenvalue weighted by atomic mass is 16.6. The molecule has 0 saturated carbocycles. The normalized spacial score (nSPS) is 10.7. The number of amides is 1. The Morgan fingerprint density at radius 1 is 0.900 bits per heavy atom. The maximum atomic E-state index is 12.9. The van der Waals surface area contributed by atoms with E-state index in [9.17, 15) is 25.0 Å². The molecular formula is C20H13N5O5. The molecule has 0 bridgehead atoms. The van der Waals surface area contributed by atoms with Gasteiger partial charge >= 0.3 is 0 Å². The van der Waals surface area contributed by atoms with Crippen LogP contribution in [0.4, 0.5) is 17.2 Å². The van der Waals surface area contributed by atoms with Gasteiger partial charge in [-0.05, 0) is 12.1 Å². The lowest BCUT2D eigenvalue weighted by Gasteiger charge is -2.08. The van der Waals surface area contributed by atoms with E-state index in [0.29, 0.717) is 17.2 Å². The van der Waals surface area contributed by atoms with Gasteiger partial charge in [-0.15, -0.1) is 0 Å². The Morgan fingerprint density at radius 2 is 1.53 bits per heavy atom. The number of nitrogens with one attached hydrogen (secondary N) is 1. The standard InChI is InChI=1S/C20H13N5O5/c26-20(14-10-15(24(27)28)12-16(11-14)25(29)30)22-19-18(13-6-2-1-3-7-13)21-17-8-4-5-9-23(17)19/h1-12H,(H,22,26). The number of nitrogens with zero attached hydrogens (tertiary/aromatic N) is 4. The zero-order valence-corrected chi connectivity index (χ0v) is 15.3. The Hall–Kier alpha value is -4.60. The molecule has 0 radical (unpaired) electrons. The molecule has 4 rings (SSSR count). The van der Waals surface area contributed by atoms with Crippen LogP contribution >= 0.6 is 0 Å². The van der Waals surface area contributed by atoms with Crippen LogP contribution in [0.5, 0.6) is 0 Å². The molecule has 0 aliphatic heterocycles. The number of fused-ring (bicyclic) bond motifs is 1. The first kappa shape index (κ1) is 18.7. The Morgan fingerprint density at radius 3 is 2.17 bits per heavy atom. The van der Waals surface area contributed by atoms with Gasteiger partial charge in [0.25, 0.3) is 17.3 Å². The van der Waals surface area contributed by atoms with Gasteiger partial charge in [0, 0.05) is 23.9 Å². The van der Waals surface area contributed by atoms with Crippen LogP contribution < -0.4 is 5.32 Å². The van der Waals surface area contributed by atoms with Crippen molar-refractivity contribution in [2.75, 3.05) is 5.32 Å². The summed E-state index contributed by atoms with van der Waals surface area (Å²) in [5.41, 5.74) is 0.528. The number of carbonyl (C=O) groups is 1. The predicted octanol–water partition coefficient (Wildman–Crippen LogP) is 4.07. The molecule has 0 aliphatic carbocycles. The fraction of sp³-hybridized carbons (Fsp3) is 0. The van der Waals surface area contributed by atoms with Crippen molar-refractivity contribution < 1.29 is 14.6 Å². The number of non-ortho nitro benzene ring substituents is 2. The maximum absolute atomic E-state index is 12.9. The molecule has 10 heteroatoms. The molecule has 30 heavy (non-hydrogen) atoms. The fourth-order valence-corrected chi connectivity index (χ4v) is 3.03. The van der Waals surface area contributed by atoms with Gasteiger partial charge in [0.15, 0.2) is 0 Å². The van der Waals surface area contributed by atoms with Crippen molar-refractivity contribution >= 4 is 28.7 Å². The molecule has 2 aromatic heterocycles. The minimum absolute atomic E-state index is 0.208. The molecule has 148 valence electrons. The smallest absolute Gasteiger partial charge is 0.277 e. The Balaban J connectivity index is 1.81. The molecule has 0 fully saturated rings. The second-order valence-electron chi connectivity index (χ2n) is 6.31. The van der Waals surface area contributed by atoms with Gasteiger partial charge in [-0.1, -0.05) is 36.4 Å². The number of imidazole rings is 1. The molecule has 10 nitrogen and oxygen atoms in total. The lowest BCUT2D eigenvalue weighted by molar-refractivity contribution is -0.394. The summed E-state index contributed by atoms with van der Waals surface area (Å²) >= 11 is 0. The minimum atomic E-state index is -0.784. The van der Waals surface area contributed by atoms with Gasteiger partial charge in [-0.2, -0.15) is 0 Å². The maximum Gasteiger partial charge on any atom is 0.277 e. The lowest BCUT2D eigenvalue weighted by Crippen LogP contribution is -2.14. The fourth-order valence-electron chi connectivity index (χ4n) is 3.03. The summed E-state index contributed by atoms with van der Waals surface area (Å²) in [6.07, 6.45) is 1.71. The van der Waals surface area contributed by atoms with Crippen LogP contribution in [0.2, 0.25) is 0 Å². The average Bonchev–Trinajstić information content (AvgIpc) is 3.12. The second-order valence-corrected chi connectivity index (χ2v) is 6.31. The van der Waals surface area contributed by atoms with Crippen LogP contribution in [0.15, 0.2) is 72.9 Å². The Kier molecular flexibility index (Phi) is 4.64. The molecule has 0 saturated heterocycles. The Bertz CT molecular complexity index is 1270. The van der Waals surface area contributed by atoms with Crippen LogP contribution in [0.25, 0.3) is 16.9 Å². The number of nitro groups is 2. The Labute approximate surface area is 168 Å². The number of nitro benzene ring substituents is 2. The number of pyridine rings is 1. The van der Waals surface area contributed by atoms with Gasteiger partial charge in [0.05, 0.1) is 21.5 Å². The van der Waals surface area contributed by atoms with Crippen molar-refractivity contribution in [3.63, 3.8) is 0 Å². The lowest BCUT2D eigenvalue weighted by atomic mass is 10.1. The summed E-state index contributed by atoms with van der Waals surface area (Å²) in [4.78, 5) is 38.1. The SMILES string of the molecule is O=C(Nc1c(-c2ccccc2)nc2ccccn12)c1cc([N+](=O)[O-])cc([N+](=O)[O-])c1. The third-order valence-electron chi connectivity index (χ3n) is 4.40. The van der Waals surface area contributed by atoms with Gasteiger partial charge < -0.3 is 5.32 Å².